The fraction of sp³-hybridized carbons (Fsp3) is 0.500. The maximum Gasteiger partial charge on any atom is 0.123 e. The SMILES string of the molecule is COc1ccc(Cl)cc1C(NN)C1CCCO1. The van der Waals surface area contributed by atoms with Crippen molar-refractivity contribution in [3.63, 3.8) is 0 Å². The van der Waals surface area contributed by atoms with Crippen LogP contribution in [0.25, 0.3) is 0 Å². The third-order valence-corrected chi connectivity index (χ3v) is 3.28. The van der Waals surface area contributed by atoms with Crippen LogP contribution in [0.5, 0.6) is 5.75 Å². The highest BCUT2D eigenvalue weighted by Crippen LogP contribution is 2.33. The van der Waals surface area contributed by atoms with Crippen molar-refractivity contribution in [2.24, 2.45) is 5.84 Å². The van der Waals surface area contributed by atoms with Crippen LogP contribution >= 0.6 is 11.6 Å². The third-order valence-electron chi connectivity index (χ3n) is 3.04. The van der Waals surface area contributed by atoms with Gasteiger partial charge < -0.3 is 9.47 Å². The minimum Gasteiger partial charge on any atom is -0.496 e. The van der Waals surface area contributed by atoms with Gasteiger partial charge >= 0.3 is 0 Å². The molecule has 0 radical (unpaired) electrons. The van der Waals surface area contributed by atoms with Crippen LogP contribution in [0, 0.1) is 0 Å². The van der Waals surface area contributed by atoms with Gasteiger partial charge in [0.1, 0.15) is 5.75 Å². The Kier molecular flexibility index (Phi) is 4.23. The molecule has 1 aromatic carbocycles. The summed E-state index contributed by atoms with van der Waals surface area (Å²) >= 11 is 6.02. The van der Waals surface area contributed by atoms with Gasteiger partial charge in [-0.15, -0.1) is 0 Å². The van der Waals surface area contributed by atoms with E-state index in [1.54, 1.807) is 13.2 Å². The molecule has 0 spiro atoms. The fourth-order valence-corrected chi connectivity index (χ4v) is 2.39. The zero-order valence-electron chi connectivity index (χ0n) is 9.78. The predicted octanol–water partition coefficient (Wildman–Crippen LogP) is 2.03. The second kappa shape index (κ2) is 5.69. The van der Waals surface area contributed by atoms with Crippen molar-refractivity contribution in [1.82, 2.24) is 5.43 Å². The third kappa shape index (κ3) is 2.72. The molecule has 94 valence electrons. The average molecular weight is 257 g/mol. The summed E-state index contributed by atoms with van der Waals surface area (Å²) in [5.74, 6) is 6.40. The normalized spacial score (nSPS) is 21.5. The van der Waals surface area contributed by atoms with Crippen LogP contribution in [0.4, 0.5) is 0 Å². The molecule has 0 aromatic heterocycles. The van der Waals surface area contributed by atoms with Gasteiger partial charge in [-0.2, -0.15) is 0 Å². The molecule has 3 N–H and O–H groups in total. The molecular weight excluding hydrogens is 240 g/mol. The predicted molar refractivity (Wildman–Crippen MR) is 67.0 cm³/mol. The van der Waals surface area contributed by atoms with Crippen LogP contribution in [0.3, 0.4) is 0 Å². The Hall–Kier alpha value is -0.810. The van der Waals surface area contributed by atoms with Crippen LogP contribution in [-0.4, -0.2) is 19.8 Å². The Morgan fingerprint density at radius 1 is 1.59 bits per heavy atom. The van der Waals surface area contributed by atoms with Crippen LogP contribution in [0.1, 0.15) is 24.4 Å². The Balaban J connectivity index is 2.31. The summed E-state index contributed by atoms with van der Waals surface area (Å²) in [5, 5.41) is 0.666. The van der Waals surface area contributed by atoms with Crippen molar-refractivity contribution in [2.75, 3.05) is 13.7 Å². The largest absolute Gasteiger partial charge is 0.496 e. The summed E-state index contributed by atoms with van der Waals surface area (Å²) in [6, 6.07) is 5.42. The molecule has 1 fully saturated rings. The fourth-order valence-electron chi connectivity index (χ4n) is 2.21. The Bertz CT molecular complexity index is 381. The lowest BCUT2D eigenvalue weighted by molar-refractivity contribution is 0.0775. The van der Waals surface area contributed by atoms with Gasteiger partial charge in [-0.1, -0.05) is 11.6 Å². The Morgan fingerprint density at radius 3 is 3.00 bits per heavy atom. The van der Waals surface area contributed by atoms with Crippen LogP contribution in [0.15, 0.2) is 18.2 Å². The molecule has 5 heteroatoms. The van der Waals surface area contributed by atoms with Gasteiger partial charge in [-0.25, -0.2) is 0 Å². The maximum atomic E-state index is 6.02. The molecule has 1 aliphatic rings. The summed E-state index contributed by atoms with van der Waals surface area (Å²) in [6.07, 6.45) is 2.13. The highest BCUT2D eigenvalue weighted by atomic mass is 35.5. The highest BCUT2D eigenvalue weighted by Gasteiger charge is 2.28. The van der Waals surface area contributed by atoms with Crippen molar-refractivity contribution in [2.45, 2.75) is 25.0 Å². The summed E-state index contributed by atoms with van der Waals surface area (Å²) in [6.45, 7) is 0.783. The van der Waals surface area contributed by atoms with Crippen LogP contribution in [0.2, 0.25) is 5.02 Å². The minimum atomic E-state index is -0.0915. The number of hydrogen-bond donors (Lipinski definition) is 2. The molecule has 1 heterocycles. The van der Waals surface area contributed by atoms with Gasteiger partial charge in [0.2, 0.25) is 0 Å². The van der Waals surface area contributed by atoms with Gasteiger partial charge in [-0.3, -0.25) is 11.3 Å². The maximum absolute atomic E-state index is 6.02. The van der Waals surface area contributed by atoms with E-state index >= 15 is 0 Å². The van der Waals surface area contributed by atoms with E-state index in [9.17, 15) is 0 Å². The summed E-state index contributed by atoms with van der Waals surface area (Å²) < 4.78 is 11.0. The minimum absolute atomic E-state index is 0.0763. The molecule has 2 atom stereocenters. The molecule has 0 bridgehead atoms. The molecular formula is C12H17ClN2O2. The first-order chi connectivity index (χ1) is 8.26. The lowest BCUT2D eigenvalue weighted by Crippen LogP contribution is -2.36. The number of hydrazine groups is 1. The van der Waals surface area contributed by atoms with Crippen molar-refractivity contribution in [3.05, 3.63) is 28.8 Å². The molecule has 1 aliphatic heterocycles. The average Bonchev–Trinajstić information content (AvgIpc) is 2.84. The number of nitrogens with two attached hydrogens (primary N) is 1. The van der Waals surface area contributed by atoms with E-state index in [4.69, 9.17) is 26.9 Å². The lowest BCUT2D eigenvalue weighted by Gasteiger charge is -2.24. The zero-order chi connectivity index (χ0) is 12.3. The number of rotatable bonds is 4. The lowest BCUT2D eigenvalue weighted by atomic mass is 9.99. The van der Waals surface area contributed by atoms with E-state index in [2.05, 4.69) is 5.43 Å². The number of nitrogens with one attached hydrogen (secondary N) is 1. The molecule has 2 unspecified atom stereocenters. The smallest absolute Gasteiger partial charge is 0.123 e. The molecule has 0 amide bonds. The van der Waals surface area contributed by atoms with E-state index in [0.717, 1.165) is 30.8 Å². The Morgan fingerprint density at radius 2 is 2.41 bits per heavy atom. The highest BCUT2D eigenvalue weighted by molar-refractivity contribution is 6.30. The number of hydrogen-bond acceptors (Lipinski definition) is 4. The van der Waals surface area contributed by atoms with E-state index < -0.39 is 0 Å². The molecule has 1 aromatic rings. The molecule has 4 nitrogen and oxygen atoms in total. The van der Waals surface area contributed by atoms with Gasteiger partial charge in [0, 0.05) is 17.2 Å². The summed E-state index contributed by atoms with van der Waals surface area (Å²) in [4.78, 5) is 0. The number of methoxy groups -OCH3 is 1. The second-order valence-corrected chi connectivity index (χ2v) is 4.52. The molecule has 1 saturated heterocycles. The van der Waals surface area contributed by atoms with Gasteiger partial charge in [0.15, 0.2) is 0 Å². The molecule has 2 rings (SSSR count). The van der Waals surface area contributed by atoms with Gasteiger partial charge in [0.05, 0.1) is 19.3 Å². The number of ether oxygens (including phenoxy) is 2. The zero-order valence-corrected chi connectivity index (χ0v) is 10.5. The van der Waals surface area contributed by atoms with Crippen LogP contribution < -0.4 is 16.0 Å². The second-order valence-electron chi connectivity index (χ2n) is 4.08. The van der Waals surface area contributed by atoms with Crippen molar-refractivity contribution < 1.29 is 9.47 Å². The van der Waals surface area contributed by atoms with E-state index in [-0.39, 0.29) is 12.1 Å². The van der Waals surface area contributed by atoms with E-state index in [0.29, 0.717) is 5.02 Å². The quantitative estimate of drug-likeness (QED) is 0.639. The topological polar surface area (TPSA) is 56.5 Å². The first kappa shape index (κ1) is 12.6. The van der Waals surface area contributed by atoms with Crippen molar-refractivity contribution in [1.29, 1.82) is 0 Å². The monoisotopic (exact) mass is 256 g/mol. The first-order valence-corrected chi connectivity index (χ1v) is 6.05. The summed E-state index contributed by atoms with van der Waals surface area (Å²) in [7, 11) is 1.63. The molecule has 17 heavy (non-hydrogen) atoms. The Labute approximate surface area is 106 Å². The van der Waals surface area contributed by atoms with E-state index in [1.807, 2.05) is 12.1 Å². The standard InChI is InChI=1S/C12H17ClN2O2/c1-16-10-5-4-8(13)7-9(10)12(15-14)11-3-2-6-17-11/h4-5,7,11-12,15H,2-3,6,14H2,1H3. The number of halogens is 1. The van der Waals surface area contributed by atoms with Gasteiger partial charge in [0.25, 0.3) is 0 Å². The van der Waals surface area contributed by atoms with Gasteiger partial charge in [-0.05, 0) is 31.0 Å². The van der Waals surface area contributed by atoms with E-state index in [1.165, 1.54) is 0 Å². The molecule has 0 saturated carbocycles. The van der Waals surface area contributed by atoms with Crippen LogP contribution in [-0.2, 0) is 4.74 Å². The van der Waals surface area contributed by atoms with Crippen molar-refractivity contribution >= 4 is 11.6 Å². The first-order valence-electron chi connectivity index (χ1n) is 5.67. The summed E-state index contributed by atoms with van der Waals surface area (Å²) in [5.41, 5.74) is 3.74. The molecule has 0 aliphatic carbocycles. The number of benzene rings is 1. The van der Waals surface area contributed by atoms with Crippen molar-refractivity contribution in [3.8, 4) is 5.75 Å².